The van der Waals surface area contributed by atoms with Gasteiger partial charge in [-0.3, -0.25) is 9.89 Å². The lowest BCUT2D eigenvalue weighted by Crippen LogP contribution is -2.30. The standard InChI is InChI=1S/C18H23N3O/c1-18(2)13-21(12-16(18)15-6-4-3-5-7-15)17(22)9-8-14-10-19-20-11-14/h3-7,10-11,16H,8-9,12-13H2,1-2H3,(H,19,20)/t16-/m0/s1. The molecule has 1 fully saturated rings. The van der Waals surface area contributed by atoms with E-state index in [9.17, 15) is 4.79 Å². The van der Waals surface area contributed by atoms with Crippen LogP contribution in [0.2, 0.25) is 0 Å². The fourth-order valence-corrected chi connectivity index (χ4v) is 3.39. The number of aromatic amines is 1. The number of likely N-dealkylation sites (tertiary alicyclic amines) is 1. The molecule has 22 heavy (non-hydrogen) atoms. The molecule has 2 aromatic rings. The van der Waals surface area contributed by atoms with Crippen LogP contribution in [0.4, 0.5) is 0 Å². The number of aryl methyl sites for hydroxylation is 1. The van der Waals surface area contributed by atoms with Crippen molar-refractivity contribution < 1.29 is 4.79 Å². The third-order valence-corrected chi connectivity index (χ3v) is 4.68. The van der Waals surface area contributed by atoms with E-state index in [2.05, 4.69) is 48.3 Å². The molecule has 1 aromatic heterocycles. The van der Waals surface area contributed by atoms with Gasteiger partial charge in [-0.1, -0.05) is 44.2 Å². The molecule has 0 saturated carbocycles. The second-order valence-electron chi connectivity index (χ2n) is 6.83. The number of aromatic nitrogens is 2. The van der Waals surface area contributed by atoms with Crippen LogP contribution in [0, 0.1) is 5.41 Å². The molecule has 1 saturated heterocycles. The lowest BCUT2D eigenvalue weighted by molar-refractivity contribution is -0.130. The third-order valence-electron chi connectivity index (χ3n) is 4.68. The Kier molecular flexibility index (Phi) is 4.01. The topological polar surface area (TPSA) is 49.0 Å². The van der Waals surface area contributed by atoms with Crippen molar-refractivity contribution in [2.24, 2.45) is 5.41 Å². The minimum Gasteiger partial charge on any atom is -0.341 e. The maximum absolute atomic E-state index is 12.5. The second kappa shape index (κ2) is 5.95. The van der Waals surface area contributed by atoms with Gasteiger partial charge in [-0.15, -0.1) is 0 Å². The van der Waals surface area contributed by atoms with Crippen molar-refractivity contribution in [3.8, 4) is 0 Å². The molecule has 1 aliphatic heterocycles. The molecule has 0 radical (unpaired) electrons. The lowest BCUT2D eigenvalue weighted by atomic mass is 9.78. The Hall–Kier alpha value is -2.10. The molecule has 0 unspecified atom stereocenters. The van der Waals surface area contributed by atoms with E-state index in [0.29, 0.717) is 12.3 Å². The number of nitrogens with zero attached hydrogens (tertiary/aromatic N) is 2. The first-order valence-corrected chi connectivity index (χ1v) is 7.86. The van der Waals surface area contributed by atoms with E-state index in [0.717, 1.165) is 25.1 Å². The molecule has 0 aliphatic carbocycles. The van der Waals surface area contributed by atoms with Crippen LogP contribution < -0.4 is 0 Å². The normalized spacial score (nSPS) is 20.3. The molecule has 4 heteroatoms. The van der Waals surface area contributed by atoms with Crippen molar-refractivity contribution in [2.75, 3.05) is 13.1 Å². The van der Waals surface area contributed by atoms with Crippen molar-refractivity contribution in [2.45, 2.75) is 32.6 Å². The average Bonchev–Trinajstić information content (AvgIpc) is 3.13. The van der Waals surface area contributed by atoms with Crippen molar-refractivity contribution in [3.05, 3.63) is 53.9 Å². The summed E-state index contributed by atoms with van der Waals surface area (Å²) >= 11 is 0. The van der Waals surface area contributed by atoms with Crippen molar-refractivity contribution in [1.29, 1.82) is 0 Å². The Labute approximate surface area is 131 Å². The Morgan fingerprint density at radius 3 is 2.82 bits per heavy atom. The number of benzene rings is 1. The zero-order valence-corrected chi connectivity index (χ0v) is 13.2. The van der Waals surface area contributed by atoms with Crippen LogP contribution >= 0.6 is 0 Å². The molecular formula is C18H23N3O. The SMILES string of the molecule is CC1(C)CN(C(=O)CCc2cn[nH]c2)C[C@H]1c1ccccc1. The average molecular weight is 297 g/mol. The van der Waals surface area contributed by atoms with Crippen LogP contribution in [0.15, 0.2) is 42.7 Å². The van der Waals surface area contributed by atoms with Crippen LogP contribution in [0.3, 0.4) is 0 Å². The first kappa shape index (κ1) is 14.8. The van der Waals surface area contributed by atoms with E-state index in [1.54, 1.807) is 6.20 Å². The van der Waals surface area contributed by atoms with Crippen molar-refractivity contribution in [1.82, 2.24) is 15.1 Å². The number of hydrogen-bond donors (Lipinski definition) is 1. The van der Waals surface area contributed by atoms with Gasteiger partial charge in [0.05, 0.1) is 6.20 Å². The molecule has 1 aromatic carbocycles. The van der Waals surface area contributed by atoms with Crippen molar-refractivity contribution in [3.63, 3.8) is 0 Å². The van der Waals surface area contributed by atoms with Gasteiger partial charge in [0, 0.05) is 31.6 Å². The van der Waals surface area contributed by atoms with E-state index < -0.39 is 0 Å². The molecule has 1 aliphatic rings. The Bertz CT molecular complexity index is 619. The summed E-state index contributed by atoms with van der Waals surface area (Å²) < 4.78 is 0. The Morgan fingerprint density at radius 1 is 1.36 bits per heavy atom. The first-order valence-electron chi connectivity index (χ1n) is 7.86. The van der Waals surface area contributed by atoms with Crippen molar-refractivity contribution >= 4 is 5.91 Å². The fourth-order valence-electron chi connectivity index (χ4n) is 3.39. The highest BCUT2D eigenvalue weighted by Crippen LogP contribution is 2.42. The smallest absolute Gasteiger partial charge is 0.222 e. The predicted molar refractivity (Wildman–Crippen MR) is 86.5 cm³/mol. The van der Waals surface area contributed by atoms with Crippen LogP contribution in [0.5, 0.6) is 0 Å². The minimum absolute atomic E-state index is 0.118. The first-order chi connectivity index (χ1) is 10.6. The van der Waals surface area contributed by atoms with Gasteiger partial charge >= 0.3 is 0 Å². The summed E-state index contributed by atoms with van der Waals surface area (Å²) in [6.45, 7) is 6.17. The number of nitrogens with one attached hydrogen (secondary N) is 1. The summed E-state index contributed by atoms with van der Waals surface area (Å²) in [5.74, 6) is 0.652. The van der Waals surface area contributed by atoms with Crippen LogP contribution in [-0.2, 0) is 11.2 Å². The second-order valence-corrected chi connectivity index (χ2v) is 6.83. The summed E-state index contributed by atoms with van der Waals surface area (Å²) in [6.07, 6.45) is 4.95. The van der Waals surface area contributed by atoms with Crippen LogP contribution in [0.25, 0.3) is 0 Å². The Morgan fingerprint density at radius 2 is 2.14 bits per heavy atom. The quantitative estimate of drug-likeness (QED) is 0.943. The van der Waals surface area contributed by atoms with Gasteiger partial charge in [0.15, 0.2) is 0 Å². The summed E-state index contributed by atoms with van der Waals surface area (Å²) in [5.41, 5.74) is 2.54. The molecule has 0 spiro atoms. The molecule has 2 heterocycles. The largest absolute Gasteiger partial charge is 0.341 e. The summed E-state index contributed by atoms with van der Waals surface area (Å²) in [4.78, 5) is 14.5. The molecule has 1 N–H and O–H groups in total. The molecule has 4 nitrogen and oxygen atoms in total. The van der Waals surface area contributed by atoms with Gasteiger partial charge in [0.2, 0.25) is 5.91 Å². The number of H-pyrrole nitrogens is 1. The number of carbonyl (C=O) groups is 1. The molecule has 116 valence electrons. The highest BCUT2D eigenvalue weighted by molar-refractivity contribution is 5.77. The van der Waals surface area contributed by atoms with Gasteiger partial charge in [-0.05, 0) is 23.0 Å². The summed E-state index contributed by atoms with van der Waals surface area (Å²) in [6, 6.07) is 10.5. The summed E-state index contributed by atoms with van der Waals surface area (Å²) in [5, 5.41) is 6.71. The summed E-state index contributed by atoms with van der Waals surface area (Å²) in [7, 11) is 0. The molecule has 1 amide bonds. The minimum atomic E-state index is 0.118. The molecule has 1 atom stereocenters. The van der Waals surface area contributed by atoms with Gasteiger partial charge in [-0.25, -0.2) is 0 Å². The van der Waals surface area contributed by atoms with E-state index in [1.807, 2.05) is 17.2 Å². The monoisotopic (exact) mass is 297 g/mol. The van der Waals surface area contributed by atoms with E-state index in [4.69, 9.17) is 0 Å². The predicted octanol–water partition coefficient (Wildman–Crippen LogP) is 2.99. The van der Waals surface area contributed by atoms with Crippen LogP contribution in [0.1, 0.15) is 37.3 Å². The number of hydrogen-bond acceptors (Lipinski definition) is 2. The highest BCUT2D eigenvalue weighted by atomic mass is 16.2. The number of rotatable bonds is 4. The van der Waals surface area contributed by atoms with Gasteiger partial charge in [0.1, 0.15) is 0 Å². The van der Waals surface area contributed by atoms with E-state index >= 15 is 0 Å². The van der Waals surface area contributed by atoms with Gasteiger partial charge in [0.25, 0.3) is 0 Å². The van der Waals surface area contributed by atoms with Gasteiger partial charge in [-0.2, -0.15) is 5.10 Å². The van der Waals surface area contributed by atoms with E-state index in [-0.39, 0.29) is 11.3 Å². The molecular weight excluding hydrogens is 274 g/mol. The number of amides is 1. The Balaban J connectivity index is 1.65. The zero-order chi connectivity index (χ0) is 15.6. The zero-order valence-electron chi connectivity index (χ0n) is 13.2. The number of carbonyl (C=O) groups excluding carboxylic acids is 1. The fraction of sp³-hybridized carbons (Fsp3) is 0.444. The molecule has 0 bridgehead atoms. The van der Waals surface area contributed by atoms with Crippen LogP contribution in [-0.4, -0.2) is 34.1 Å². The lowest BCUT2D eigenvalue weighted by Gasteiger charge is -2.25. The maximum atomic E-state index is 12.5. The van der Waals surface area contributed by atoms with E-state index in [1.165, 1.54) is 5.56 Å². The third kappa shape index (κ3) is 3.06. The highest BCUT2D eigenvalue weighted by Gasteiger charge is 2.41. The van der Waals surface area contributed by atoms with Gasteiger partial charge < -0.3 is 4.90 Å². The maximum Gasteiger partial charge on any atom is 0.222 e. The molecule has 3 rings (SSSR count).